The van der Waals surface area contributed by atoms with Gasteiger partial charge in [0.2, 0.25) is 5.88 Å². The van der Waals surface area contributed by atoms with Crippen LogP contribution >= 0.6 is 23.2 Å². The van der Waals surface area contributed by atoms with Gasteiger partial charge < -0.3 is 10.1 Å². The smallest absolute Gasteiger partial charge is 0.240 e. The number of anilines is 1. The van der Waals surface area contributed by atoms with E-state index in [0.717, 1.165) is 5.56 Å². The van der Waals surface area contributed by atoms with Crippen molar-refractivity contribution in [3.63, 3.8) is 0 Å². The molecule has 1 aromatic carbocycles. The highest BCUT2D eigenvalue weighted by Crippen LogP contribution is 2.34. The lowest BCUT2D eigenvalue weighted by Gasteiger charge is -2.10. The lowest BCUT2D eigenvalue weighted by molar-refractivity contribution is 0.428. The summed E-state index contributed by atoms with van der Waals surface area (Å²) < 4.78 is 19.0. The number of ether oxygens (including phenoxy) is 1. The molecule has 6 heteroatoms. The van der Waals surface area contributed by atoms with Crippen LogP contribution in [-0.2, 0) is 0 Å². The molecule has 1 heterocycles. The fraction of sp³-hybridized carbons (Fsp3) is 0.154. The van der Waals surface area contributed by atoms with Gasteiger partial charge in [-0.15, -0.1) is 0 Å². The fourth-order valence-electron chi connectivity index (χ4n) is 1.49. The quantitative estimate of drug-likeness (QED) is 0.894. The van der Waals surface area contributed by atoms with Crippen molar-refractivity contribution < 1.29 is 9.13 Å². The number of benzene rings is 1. The summed E-state index contributed by atoms with van der Waals surface area (Å²) in [6, 6.07) is 6.04. The molecule has 0 aliphatic carbocycles. The van der Waals surface area contributed by atoms with Gasteiger partial charge in [-0.2, -0.15) is 4.98 Å². The zero-order chi connectivity index (χ0) is 14.0. The topological polar surface area (TPSA) is 34.2 Å². The van der Waals surface area contributed by atoms with Crippen molar-refractivity contribution in [2.24, 2.45) is 0 Å². The Morgan fingerprint density at radius 3 is 2.63 bits per heavy atom. The number of hydrogen-bond acceptors (Lipinski definition) is 3. The fourth-order valence-corrected chi connectivity index (χ4v) is 1.98. The Morgan fingerprint density at radius 2 is 1.95 bits per heavy atom. The van der Waals surface area contributed by atoms with Crippen molar-refractivity contribution >= 4 is 29.0 Å². The van der Waals surface area contributed by atoms with Gasteiger partial charge in [-0.25, -0.2) is 4.39 Å². The van der Waals surface area contributed by atoms with Gasteiger partial charge in [0.05, 0.1) is 5.02 Å². The number of aryl methyl sites for hydroxylation is 1. The molecule has 100 valence electrons. The van der Waals surface area contributed by atoms with Crippen molar-refractivity contribution in [3.8, 4) is 11.6 Å². The molecular weight excluding hydrogens is 290 g/mol. The Bertz CT molecular complexity index is 620. The first kappa shape index (κ1) is 13.9. The number of rotatable bonds is 3. The molecule has 0 atom stereocenters. The van der Waals surface area contributed by atoms with Gasteiger partial charge in [-0.05, 0) is 30.7 Å². The molecule has 2 aromatic rings. The van der Waals surface area contributed by atoms with Gasteiger partial charge in [0.15, 0.2) is 11.6 Å². The first-order valence-electron chi connectivity index (χ1n) is 5.49. The molecular formula is C13H11Cl2FN2O. The Morgan fingerprint density at radius 1 is 1.21 bits per heavy atom. The summed E-state index contributed by atoms with van der Waals surface area (Å²) in [5.41, 5.74) is 0.871. The zero-order valence-corrected chi connectivity index (χ0v) is 11.8. The van der Waals surface area contributed by atoms with E-state index in [0.29, 0.717) is 10.8 Å². The standard InChI is InChI=1S/C13H11Cl2FN2O/c1-7-3-4-10(16)11(5-7)19-13-9(15)6-8(14)12(17-2)18-13/h3-6H,1-2H3,(H,17,18). The second kappa shape index (κ2) is 5.63. The van der Waals surface area contributed by atoms with Crippen LogP contribution in [0.1, 0.15) is 5.56 Å². The number of halogens is 3. The van der Waals surface area contributed by atoms with Gasteiger partial charge in [0, 0.05) is 7.05 Å². The molecule has 0 radical (unpaired) electrons. The lowest BCUT2D eigenvalue weighted by atomic mass is 10.2. The van der Waals surface area contributed by atoms with Crippen LogP contribution in [0, 0.1) is 12.7 Å². The van der Waals surface area contributed by atoms with Crippen molar-refractivity contribution in [3.05, 3.63) is 45.7 Å². The highest BCUT2D eigenvalue weighted by molar-refractivity contribution is 6.36. The zero-order valence-electron chi connectivity index (χ0n) is 10.3. The van der Waals surface area contributed by atoms with E-state index in [2.05, 4.69) is 10.3 Å². The molecule has 0 saturated heterocycles. The van der Waals surface area contributed by atoms with E-state index in [9.17, 15) is 4.39 Å². The second-order valence-electron chi connectivity index (χ2n) is 3.89. The summed E-state index contributed by atoms with van der Waals surface area (Å²) in [6.45, 7) is 1.84. The van der Waals surface area contributed by atoms with Gasteiger partial charge in [-0.3, -0.25) is 0 Å². The Balaban J connectivity index is 2.40. The van der Waals surface area contributed by atoms with E-state index in [1.54, 1.807) is 19.2 Å². The molecule has 0 amide bonds. The normalized spacial score (nSPS) is 10.4. The van der Waals surface area contributed by atoms with Crippen LogP contribution in [0.15, 0.2) is 24.3 Å². The van der Waals surface area contributed by atoms with E-state index in [1.807, 2.05) is 6.92 Å². The molecule has 19 heavy (non-hydrogen) atoms. The average molecular weight is 301 g/mol. The number of nitrogens with zero attached hydrogens (tertiary/aromatic N) is 1. The minimum Gasteiger partial charge on any atom is -0.434 e. The van der Waals surface area contributed by atoms with Crippen molar-refractivity contribution in [2.75, 3.05) is 12.4 Å². The van der Waals surface area contributed by atoms with E-state index in [4.69, 9.17) is 27.9 Å². The predicted octanol–water partition coefficient (Wildman–Crippen LogP) is 4.67. The molecule has 0 aliphatic rings. The van der Waals surface area contributed by atoms with Crippen molar-refractivity contribution in [2.45, 2.75) is 6.92 Å². The maximum absolute atomic E-state index is 13.6. The summed E-state index contributed by atoms with van der Waals surface area (Å²) in [5, 5.41) is 3.38. The molecule has 0 bridgehead atoms. The lowest BCUT2D eigenvalue weighted by Crippen LogP contribution is -1.98. The first-order chi connectivity index (χ1) is 9.01. The third-order valence-electron chi connectivity index (χ3n) is 2.43. The molecule has 0 spiro atoms. The van der Waals surface area contributed by atoms with Crippen LogP contribution in [-0.4, -0.2) is 12.0 Å². The van der Waals surface area contributed by atoms with Crippen LogP contribution in [0.2, 0.25) is 10.0 Å². The first-order valence-corrected chi connectivity index (χ1v) is 6.24. The third kappa shape index (κ3) is 3.08. The van der Waals surface area contributed by atoms with Gasteiger partial charge >= 0.3 is 0 Å². The van der Waals surface area contributed by atoms with E-state index >= 15 is 0 Å². The van der Waals surface area contributed by atoms with Gasteiger partial charge in [0.1, 0.15) is 10.8 Å². The van der Waals surface area contributed by atoms with E-state index in [-0.39, 0.29) is 16.7 Å². The number of pyridine rings is 1. The Labute approximate surface area is 120 Å². The molecule has 0 fully saturated rings. The molecule has 1 N–H and O–H groups in total. The van der Waals surface area contributed by atoms with E-state index in [1.165, 1.54) is 12.1 Å². The summed E-state index contributed by atoms with van der Waals surface area (Å²) in [7, 11) is 1.67. The van der Waals surface area contributed by atoms with Crippen LogP contribution in [0.5, 0.6) is 11.6 Å². The second-order valence-corrected chi connectivity index (χ2v) is 4.71. The van der Waals surface area contributed by atoms with Gasteiger partial charge in [-0.1, -0.05) is 29.3 Å². The minimum atomic E-state index is -0.482. The molecule has 1 aromatic heterocycles. The van der Waals surface area contributed by atoms with E-state index < -0.39 is 5.82 Å². The molecule has 2 rings (SSSR count). The van der Waals surface area contributed by atoms with Crippen LogP contribution < -0.4 is 10.1 Å². The predicted molar refractivity (Wildman–Crippen MR) is 75.0 cm³/mol. The van der Waals surface area contributed by atoms with Crippen LogP contribution in [0.3, 0.4) is 0 Å². The largest absolute Gasteiger partial charge is 0.434 e. The maximum atomic E-state index is 13.6. The monoisotopic (exact) mass is 300 g/mol. The highest BCUT2D eigenvalue weighted by atomic mass is 35.5. The number of nitrogens with one attached hydrogen (secondary N) is 1. The average Bonchev–Trinajstić information content (AvgIpc) is 2.37. The molecule has 0 unspecified atom stereocenters. The summed E-state index contributed by atoms with van der Waals surface area (Å²) >= 11 is 11.9. The molecule has 0 saturated carbocycles. The van der Waals surface area contributed by atoms with Crippen LogP contribution in [0.4, 0.5) is 10.2 Å². The summed E-state index contributed by atoms with van der Waals surface area (Å²) in [5.74, 6) is 0.0947. The molecule has 3 nitrogen and oxygen atoms in total. The van der Waals surface area contributed by atoms with Crippen molar-refractivity contribution in [1.29, 1.82) is 0 Å². The Kier molecular flexibility index (Phi) is 4.12. The number of hydrogen-bond donors (Lipinski definition) is 1. The van der Waals surface area contributed by atoms with Crippen LogP contribution in [0.25, 0.3) is 0 Å². The van der Waals surface area contributed by atoms with Crippen molar-refractivity contribution in [1.82, 2.24) is 4.98 Å². The third-order valence-corrected chi connectivity index (χ3v) is 2.99. The maximum Gasteiger partial charge on any atom is 0.240 e. The highest BCUT2D eigenvalue weighted by Gasteiger charge is 2.12. The molecule has 0 aliphatic heterocycles. The summed E-state index contributed by atoms with van der Waals surface area (Å²) in [6.07, 6.45) is 0. The van der Waals surface area contributed by atoms with Gasteiger partial charge in [0.25, 0.3) is 0 Å². The number of aromatic nitrogens is 1. The SMILES string of the molecule is CNc1nc(Oc2cc(C)ccc2F)c(Cl)cc1Cl. The minimum absolute atomic E-state index is 0.0683. The Hall–Kier alpha value is -1.52. The summed E-state index contributed by atoms with van der Waals surface area (Å²) in [4.78, 5) is 4.09.